The van der Waals surface area contributed by atoms with Crippen LogP contribution in [0.2, 0.25) is 0 Å². The lowest BCUT2D eigenvalue weighted by Gasteiger charge is -2.13. The highest BCUT2D eigenvalue weighted by Crippen LogP contribution is 2.36. The second-order valence-corrected chi connectivity index (χ2v) is 5.31. The first-order chi connectivity index (χ1) is 8.64. The Hall–Kier alpha value is -0.710. The molecule has 0 heterocycles. The molecular weight excluding hydrogens is 253 g/mol. The average molecular weight is 273 g/mol. The fourth-order valence-corrected chi connectivity index (χ4v) is 2.18. The molecule has 1 rings (SSSR count). The van der Waals surface area contributed by atoms with Crippen LogP contribution >= 0.6 is 7.75 Å². The van der Waals surface area contributed by atoms with Gasteiger partial charge in [-0.2, -0.15) is 0 Å². The quantitative estimate of drug-likeness (QED) is 0.532. The SMILES string of the molecule is CCOCCNP(=O)(O)OCCc1ccccc1. The van der Waals surface area contributed by atoms with Gasteiger partial charge < -0.3 is 9.63 Å². The van der Waals surface area contributed by atoms with Crippen LogP contribution in [-0.4, -0.2) is 31.3 Å². The Kier molecular flexibility index (Phi) is 7.16. The second-order valence-electron chi connectivity index (χ2n) is 3.69. The molecule has 0 spiro atoms. The van der Waals surface area contributed by atoms with Gasteiger partial charge in [0.1, 0.15) is 0 Å². The van der Waals surface area contributed by atoms with Gasteiger partial charge in [-0.1, -0.05) is 30.3 Å². The van der Waals surface area contributed by atoms with Crippen molar-refractivity contribution in [2.75, 3.05) is 26.4 Å². The molecule has 2 N–H and O–H groups in total. The van der Waals surface area contributed by atoms with E-state index in [0.717, 1.165) is 5.56 Å². The van der Waals surface area contributed by atoms with Crippen LogP contribution in [0.15, 0.2) is 30.3 Å². The van der Waals surface area contributed by atoms with Crippen LogP contribution in [0.3, 0.4) is 0 Å². The minimum absolute atomic E-state index is 0.208. The summed E-state index contributed by atoms with van der Waals surface area (Å²) >= 11 is 0. The molecule has 1 unspecified atom stereocenters. The zero-order valence-electron chi connectivity index (χ0n) is 10.5. The van der Waals surface area contributed by atoms with Gasteiger partial charge in [0.25, 0.3) is 0 Å². The van der Waals surface area contributed by atoms with Crippen molar-refractivity contribution in [3.8, 4) is 0 Å². The number of hydrogen-bond acceptors (Lipinski definition) is 3. The van der Waals surface area contributed by atoms with Crippen LogP contribution < -0.4 is 5.09 Å². The molecule has 0 aliphatic rings. The molecule has 0 saturated heterocycles. The number of rotatable bonds is 9. The van der Waals surface area contributed by atoms with E-state index in [0.29, 0.717) is 26.2 Å². The fraction of sp³-hybridized carbons (Fsp3) is 0.500. The number of hydrogen-bond donors (Lipinski definition) is 2. The molecule has 0 aliphatic carbocycles. The van der Waals surface area contributed by atoms with Crippen LogP contribution in [0.4, 0.5) is 0 Å². The van der Waals surface area contributed by atoms with Gasteiger partial charge in [-0.05, 0) is 18.9 Å². The third-order valence-electron chi connectivity index (χ3n) is 2.26. The Morgan fingerprint density at radius 3 is 2.67 bits per heavy atom. The van der Waals surface area contributed by atoms with Gasteiger partial charge in [-0.3, -0.25) is 4.52 Å². The van der Waals surface area contributed by atoms with Crippen LogP contribution in [0.5, 0.6) is 0 Å². The Bertz CT molecular complexity index is 372. The first kappa shape index (κ1) is 15.3. The zero-order valence-corrected chi connectivity index (χ0v) is 11.4. The summed E-state index contributed by atoms with van der Waals surface area (Å²) in [6.45, 7) is 3.36. The first-order valence-corrected chi connectivity index (χ1v) is 7.56. The van der Waals surface area contributed by atoms with E-state index in [-0.39, 0.29) is 6.61 Å². The third kappa shape index (κ3) is 6.89. The lowest BCUT2D eigenvalue weighted by atomic mass is 10.2. The fourth-order valence-electron chi connectivity index (χ4n) is 1.38. The van der Waals surface area contributed by atoms with E-state index >= 15 is 0 Å². The van der Waals surface area contributed by atoms with Crippen molar-refractivity contribution in [1.29, 1.82) is 0 Å². The van der Waals surface area contributed by atoms with Crippen molar-refractivity contribution in [2.45, 2.75) is 13.3 Å². The molecule has 0 fully saturated rings. The minimum Gasteiger partial charge on any atom is -0.380 e. The highest BCUT2D eigenvalue weighted by atomic mass is 31.2. The highest BCUT2D eigenvalue weighted by Gasteiger charge is 2.17. The van der Waals surface area contributed by atoms with Crippen LogP contribution in [0.25, 0.3) is 0 Å². The maximum Gasteiger partial charge on any atom is 0.403 e. The predicted octanol–water partition coefficient (Wildman–Crippen LogP) is 1.97. The molecule has 18 heavy (non-hydrogen) atoms. The minimum atomic E-state index is -3.70. The standard InChI is InChI=1S/C12H20NO4P/c1-2-16-11-9-13-18(14,15)17-10-8-12-6-4-3-5-7-12/h3-7H,2,8-11H2,1H3,(H2,13,14,15). The van der Waals surface area contributed by atoms with E-state index in [1.807, 2.05) is 37.3 Å². The highest BCUT2D eigenvalue weighted by molar-refractivity contribution is 7.50. The summed E-state index contributed by atoms with van der Waals surface area (Å²) < 4.78 is 21.5. The maximum atomic E-state index is 11.5. The van der Waals surface area contributed by atoms with Crippen LogP contribution in [-0.2, 0) is 20.2 Å². The molecule has 1 atom stereocenters. The van der Waals surface area contributed by atoms with E-state index in [4.69, 9.17) is 9.26 Å². The van der Waals surface area contributed by atoms with E-state index in [1.54, 1.807) is 0 Å². The Morgan fingerprint density at radius 2 is 2.00 bits per heavy atom. The maximum absolute atomic E-state index is 11.5. The van der Waals surface area contributed by atoms with Crippen LogP contribution in [0, 0.1) is 0 Å². The largest absolute Gasteiger partial charge is 0.403 e. The van der Waals surface area contributed by atoms with Gasteiger partial charge in [-0.15, -0.1) is 0 Å². The lowest BCUT2D eigenvalue weighted by Crippen LogP contribution is -2.18. The lowest BCUT2D eigenvalue weighted by molar-refractivity contribution is 0.149. The molecule has 0 radical (unpaired) electrons. The van der Waals surface area contributed by atoms with E-state index in [9.17, 15) is 9.46 Å². The summed E-state index contributed by atoms with van der Waals surface area (Å²) in [7, 11) is -3.70. The molecule has 0 aromatic heterocycles. The van der Waals surface area contributed by atoms with Crippen LogP contribution in [0.1, 0.15) is 12.5 Å². The van der Waals surface area contributed by atoms with E-state index in [2.05, 4.69) is 5.09 Å². The van der Waals surface area contributed by atoms with Crippen molar-refractivity contribution in [3.63, 3.8) is 0 Å². The molecule has 1 aromatic rings. The molecule has 0 aliphatic heterocycles. The van der Waals surface area contributed by atoms with Gasteiger partial charge in [-0.25, -0.2) is 9.65 Å². The molecule has 5 nitrogen and oxygen atoms in total. The third-order valence-corrected chi connectivity index (χ3v) is 3.42. The first-order valence-electron chi connectivity index (χ1n) is 5.98. The summed E-state index contributed by atoms with van der Waals surface area (Å²) in [5, 5.41) is 2.44. The number of nitrogens with one attached hydrogen (secondary N) is 1. The number of ether oxygens (including phenoxy) is 1. The summed E-state index contributed by atoms with van der Waals surface area (Å²) in [6.07, 6.45) is 0.610. The van der Waals surface area contributed by atoms with Gasteiger partial charge >= 0.3 is 7.75 Å². The number of benzene rings is 1. The van der Waals surface area contributed by atoms with Gasteiger partial charge in [0.2, 0.25) is 0 Å². The monoisotopic (exact) mass is 273 g/mol. The van der Waals surface area contributed by atoms with Crippen molar-refractivity contribution in [2.24, 2.45) is 0 Å². The molecular formula is C12H20NO4P. The van der Waals surface area contributed by atoms with Crippen molar-refractivity contribution in [1.82, 2.24) is 5.09 Å². The predicted molar refractivity (Wildman–Crippen MR) is 70.4 cm³/mol. The average Bonchev–Trinajstić information content (AvgIpc) is 2.36. The normalized spacial score (nSPS) is 14.3. The summed E-state index contributed by atoms with van der Waals surface area (Å²) in [5.74, 6) is 0. The summed E-state index contributed by atoms with van der Waals surface area (Å²) in [4.78, 5) is 9.46. The summed E-state index contributed by atoms with van der Waals surface area (Å²) in [6, 6.07) is 9.68. The molecule has 0 amide bonds. The molecule has 102 valence electrons. The Morgan fingerprint density at radius 1 is 1.28 bits per heavy atom. The second kappa shape index (κ2) is 8.40. The molecule has 0 saturated carbocycles. The molecule has 6 heteroatoms. The van der Waals surface area contributed by atoms with Gasteiger partial charge in [0.15, 0.2) is 0 Å². The Balaban J connectivity index is 2.19. The van der Waals surface area contributed by atoms with Crippen molar-refractivity contribution in [3.05, 3.63) is 35.9 Å². The topological polar surface area (TPSA) is 67.8 Å². The van der Waals surface area contributed by atoms with Crippen molar-refractivity contribution < 1.29 is 18.7 Å². The smallest absolute Gasteiger partial charge is 0.380 e. The van der Waals surface area contributed by atoms with Crippen molar-refractivity contribution >= 4 is 7.75 Å². The van der Waals surface area contributed by atoms with Gasteiger partial charge in [0.05, 0.1) is 13.2 Å². The molecule has 0 bridgehead atoms. The van der Waals surface area contributed by atoms with E-state index < -0.39 is 7.75 Å². The van der Waals surface area contributed by atoms with Gasteiger partial charge in [0, 0.05) is 13.2 Å². The molecule has 1 aromatic carbocycles. The summed E-state index contributed by atoms with van der Waals surface area (Å²) in [5.41, 5.74) is 1.08. The van der Waals surface area contributed by atoms with E-state index in [1.165, 1.54) is 0 Å². The Labute approximate surface area is 108 Å². The zero-order chi connectivity index (χ0) is 13.3.